The number of thioether (sulfide) groups is 1. The molecule has 0 fully saturated rings. The molecule has 2 aliphatic heterocycles. The molecule has 0 radical (unpaired) electrons. The minimum absolute atomic E-state index is 0.153. The molecule has 0 aromatic heterocycles. The van der Waals surface area contributed by atoms with Crippen molar-refractivity contribution in [3.05, 3.63) is 64.7 Å². The SMILES string of the molecule is CCCCCSC1=NN2C(=c3ccccc3=NC2c2ccccc2OC)C(=O)N1. The standard InChI is InChI=1S/C22H24N4O2S/c1-3-4-9-14-29-22-24-21(27)19-15-10-5-7-12-17(15)23-20(26(19)25-22)16-11-6-8-13-18(16)28-2/h5-8,10-13,20H,3-4,9,14H2,1-2H3,(H,24,25,27). The lowest BCUT2D eigenvalue weighted by Crippen LogP contribution is -2.50. The third-order valence-corrected chi connectivity index (χ3v) is 5.87. The molecule has 0 saturated heterocycles. The number of nitrogens with one attached hydrogen (secondary N) is 1. The maximum atomic E-state index is 13.1. The van der Waals surface area contributed by atoms with E-state index < -0.39 is 6.17 Å². The van der Waals surface area contributed by atoms with Crippen molar-refractivity contribution >= 4 is 28.5 Å². The number of ether oxygens (including phenoxy) is 1. The molecule has 6 nitrogen and oxygen atoms in total. The van der Waals surface area contributed by atoms with Crippen LogP contribution < -0.4 is 20.6 Å². The summed E-state index contributed by atoms with van der Waals surface area (Å²) in [6.45, 7) is 2.18. The van der Waals surface area contributed by atoms with Gasteiger partial charge in [0, 0.05) is 16.5 Å². The lowest BCUT2D eigenvalue weighted by molar-refractivity contribution is -0.116. The molecule has 2 aromatic rings. The van der Waals surface area contributed by atoms with Crippen molar-refractivity contribution in [3.8, 4) is 5.75 Å². The van der Waals surface area contributed by atoms with E-state index in [0.717, 1.165) is 40.5 Å². The molecule has 2 heterocycles. The topological polar surface area (TPSA) is 66.3 Å². The summed E-state index contributed by atoms with van der Waals surface area (Å²) in [6, 6.07) is 15.4. The number of methoxy groups -OCH3 is 1. The molecule has 29 heavy (non-hydrogen) atoms. The second-order valence-electron chi connectivity index (χ2n) is 6.87. The summed E-state index contributed by atoms with van der Waals surface area (Å²) in [5.41, 5.74) is 1.39. The predicted octanol–water partition coefficient (Wildman–Crippen LogP) is 2.76. The number of para-hydroxylation sites is 2. The van der Waals surface area contributed by atoms with Crippen LogP contribution in [0, 0.1) is 0 Å². The number of nitrogens with zero attached hydrogens (tertiary/aromatic N) is 3. The Bertz CT molecular complexity index is 1070. The number of unbranched alkanes of at least 4 members (excludes halogenated alkanes) is 2. The maximum Gasteiger partial charge on any atom is 0.276 e. The van der Waals surface area contributed by atoms with Crippen LogP contribution >= 0.6 is 11.8 Å². The van der Waals surface area contributed by atoms with E-state index >= 15 is 0 Å². The summed E-state index contributed by atoms with van der Waals surface area (Å²) < 4.78 is 5.56. The first kappa shape index (κ1) is 19.5. The zero-order valence-corrected chi connectivity index (χ0v) is 17.4. The Balaban J connectivity index is 1.80. The Morgan fingerprint density at radius 3 is 2.76 bits per heavy atom. The summed E-state index contributed by atoms with van der Waals surface area (Å²) in [5.74, 6) is 1.49. The summed E-state index contributed by atoms with van der Waals surface area (Å²) >= 11 is 1.58. The third-order valence-electron chi connectivity index (χ3n) is 4.92. The zero-order chi connectivity index (χ0) is 20.2. The van der Waals surface area contributed by atoms with E-state index in [9.17, 15) is 4.79 Å². The Labute approximate surface area is 174 Å². The minimum atomic E-state index is -0.464. The van der Waals surface area contributed by atoms with Gasteiger partial charge in [-0.05, 0) is 18.6 Å². The molecule has 1 amide bonds. The van der Waals surface area contributed by atoms with Crippen molar-refractivity contribution in [2.45, 2.75) is 32.4 Å². The van der Waals surface area contributed by atoms with E-state index in [4.69, 9.17) is 14.8 Å². The number of hydrogen-bond donors (Lipinski definition) is 1. The van der Waals surface area contributed by atoms with E-state index in [1.54, 1.807) is 23.9 Å². The molecular formula is C22H24N4O2S. The second-order valence-corrected chi connectivity index (χ2v) is 7.95. The zero-order valence-electron chi connectivity index (χ0n) is 16.6. The van der Waals surface area contributed by atoms with Crippen molar-refractivity contribution in [1.82, 2.24) is 10.3 Å². The lowest BCUT2D eigenvalue weighted by Gasteiger charge is -2.34. The van der Waals surface area contributed by atoms with Crippen LogP contribution in [0.25, 0.3) is 5.70 Å². The number of rotatable bonds is 6. The second kappa shape index (κ2) is 8.69. The van der Waals surface area contributed by atoms with Gasteiger partial charge in [0.15, 0.2) is 11.3 Å². The fourth-order valence-electron chi connectivity index (χ4n) is 3.50. The number of hydrogen-bond acceptors (Lipinski definition) is 6. The Hall–Kier alpha value is -2.80. The summed E-state index contributed by atoms with van der Waals surface area (Å²) in [4.78, 5) is 18.0. The number of fused-ring (bicyclic) bond motifs is 2. The summed E-state index contributed by atoms with van der Waals surface area (Å²) in [6.07, 6.45) is 2.96. The van der Waals surface area contributed by atoms with Crippen molar-refractivity contribution in [3.63, 3.8) is 0 Å². The molecule has 2 aliphatic rings. The average Bonchev–Trinajstić information content (AvgIpc) is 2.76. The number of carbonyl (C=O) groups is 1. The number of amidine groups is 1. The number of amides is 1. The van der Waals surface area contributed by atoms with Gasteiger partial charge in [0.1, 0.15) is 11.4 Å². The summed E-state index contributed by atoms with van der Waals surface area (Å²) in [5, 5.41) is 11.7. The molecular weight excluding hydrogens is 384 g/mol. The minimum Gasteiger partial charge on any atom is -0.496 e. The number of carbonyl (C=O) groups excluding carboxylic acids is 1. The summed E-state index contributed by atoms with van der Waals surface area (Å²) in [7, 11) is 1.64. The smallest absolute Gasteiger partial charge is 0.276 e. The van der Waals surface area contributed by atoms with Gasteiger partial charge in [-0.2, -0.15) is 0 Å². The van der Waals surface area contributed by atoms with E-state index in [1.165, 1.54) is 6.42 Å². The monoisotopic (exact) mass is 408 g/mol. The van der Waals surface area contributed by atoms with Crippen molar-refractivity contribution in [2.75, 3.05) is 12.9 Å². The highest BCUT2D eigenvalue weighted by atomic mass is 32.2. The van der Waals surface area contributed by atoms with Crippen LogP contribution in [0.15, 0.2) is 58.6 Å². The fourth-order valence-corrected chi connectivity index (χ4v) is 4.35. The van der Waals surface area contributed by atoms with Crippen LogP contribution in [0.3, 0.4) is 0 Å². The highest BCUT2D eigenvalue weighted by Gasteiger charge is 2.35. The molecule has 1 atom stereocenters. The van der Waals surface area contributed by atoms with Crippen molar-refractivity contribution in [1.29, 1.82) is 0 Å². The molecule has 0 aliphatic carbocycles. The van der Waals surface area contributed by atoms with Crippen LogP contribution in [0.4, 0.5) is 0 Å². The van der Waals surface area contributed by atoms with Crippen molar-refractivity contribution < 1.29 is 9.53 Å². The van der Waals surface area contributed by atoms with Gasteiger partial charge >= 0.3 is 0 Å². The first-order valence-corrected chi connectivity index (χ1v) is 10.8. The van der Waals surface area contributed by atoms with Crippen LogP contribution in [0.1, 0.15) is 37.9 Å². The van der Waals surface area contributed by atoms with Gasteiger partial charge < -0.3 is 4.74 Å². The van der Waals surface area contributed by atoms with Gasteiger partial charge in [-0.15, -0.1) is 5.10 Å². The number of hydrazone groups is 1. The van der Waals surface area contributed by atoms with Crippen LogP contribution in [-0.4, -0.2) is 28.9 Å². The molecule has 2 aromatic carbocycles. The van der Waals surface area contributed by atoms with Gasteiger partial charge in [0.25, 0.3) is 5.91 Å². The highest BCUT2D eigenvalue weighted by molar-refractivity contribution is 8.13. The van der Waals surface area contributed by atoms with Gasteiger partial charge in [-0.25, -0.2) is 5.01 Å². The van der Waals surface area contributed by atoms with Crippen molar-refractivity contribution in [2.24, 2.45) is 10.1 Å². The first-order valence-electron chi connectivity index (χ1n) is 9.85. The van der Waals surface area contributed by atoms with Gasteiger partial charge in [-0.3, -0.25) is 15.1 Å². The van der Waals surface area contributed by atoms with Gasteiger partial charge in [0.05, 0.1) is 12.5 Å². The normalized spacial score (nSPS) is 17.7. The van der Waals surface area contributed by atoms with Crippen LogP contribution in [-0.2, 0) is 4.79 Å². The maximum absolute atomic E-state index is 13.1. The third kappa shape index (κ3) is 3.87. The molecule has 1 unspecified atom stereocenters. The molecule has 7 heteroatoms. The number of benzene rings is 2. The highest BCUT2D eigenvalue weighted by Crippen LogP contribution is 2.35. The molecule has 0 saturated carbocycles. The largest absolute Gasteiger partial charge is 0.496 e. The fraction of sp³-hybridized carbons (Fsp3) is 0.318. The molecule has 1 N–H and O–H groups in total. The van der Waals surface area contributed by atoms with E-state index in [1.807, 2.05) is 48.5 Å². The van der Waals surface area contributed by atoms with Gasteiger partial charge in [-0.1, -0.05) is 67.9 Å². The van der Waals surface area contributed by atoms with Gasteiger partial charge in [0.2, 0.25) is 0 Å². The van der Waals surface area contributed by atoms with Crippen LogP contribution in [0.5, 0.6) is 5.75 Å². The van der Waals surface area contributed by atoms with E-state index in [-0.39, 0.29) is 5.91 Å². The predicted molar refractivity (Wildman–Crippen MR) is 116 cm³/mol. The van der Waals surface area contributed by atoms with Crippen LogP contribution in [0.2, 0.25) is 0 Å². The Morgan fingerprint density at radius 1 is 1.14 bits per heavy atom. The molecule has 0 spiro atoms. The quantitative estimate of drug-likeness (QED) is 0.747. The molecule has 0 bridgehead atoms. The average molecular weight is 409 g/mol. The first-order chi connectivity index (χ1) is 14.2. The molecule has 150 valence electrons. The molecule has 4 rings (SSSR count). The Kier molecular flexibility index (Phi) is 5.85. The lowest BCUT2D eigenvalue weighted by atomic mass is 10.1. The Morgan fingerprint density at radius 2 is 1.93 bits per heavy atom. The van der Waals surface area contributed by atoms with E-state index in [2.05, 4.69) is 12.2 Å². The van der Waals surface area contributed by atoms with E-state index in [0.29, 0.717) is 10.9 Å².